The van der Waals surface area contributed by atoms with Gasteiger partial charge in [0.05, 0.1) is 13.7 Å². The van der Waals surface area contributed by atoms with Gasteiger partial charge in [-0.1, -0.05) is 12.1 Å². The van der Waals surface area contributed by atoms with Crippen LogP contribution in [0.2, 0.25) is 0 Å². The van der Waals surface area contributed by atoms with Gasteiger partial charge < -0.3 is 15.2 Å². The Morgan fingerprint density at radius 2 is 1.96 bits per heavy atom. The lowest BCUT2D eigenvalue weighted by molar-refractivity contribution is -0.129. The molecule has 1 atom stereocenters. The van der Waals surface area contributed by atoms with Crippen LogP contribution in [-0.4, -0.2) is 28.1 Å². The zero-order valence-corrected chi connectivity index (χ0v) is 14.6. The van der Waals surface area contributed by atoms with Crippen molar-refractivity contribution in [1.29, 1.82) is 0 Å². The van der Waals surface area contributed by atoms with Crippen LogP contribution in [0.1, 0.15) is 47.3 Å². The van der Waals surface area contributed by atoms with Crippen LogP contribution in [0.5, 0.6) is 5.75 Å². The van der Waals surface area contributed by atoms with Crippen molar-refractivity contribution in [2.24, 2.45) is 0 Å². The number of aryl methyl sites for hydroxylation is 2. The number of aliphatic hydroxyl groups excluding tert-OH is 1. The minimum atomic E-state index is -1.23. The number of fused-ring (bicyclic) bond motifs is 1. The fraction of sp³-hybridized carbons (Fsp3) is 0.421. The molecule has 0 spiro atoms. The Bertz CT molecular complexity index is 759. The Kier molecular flexibility index (Phi) is 5.28. The lowest BCUT2D eigenvalue weighted by atomic mass is 9.95. The molecule has 1 aliphatic rings. The Hall–Kier alpha value is -2.47. The maximum atomic E-state index is 12.2. The van der Waals surface area contributed by atoms with E-state index in [1.54, 1.807) is 31.4 Å². The van der Waals surface area contributed by atoms with Crippen LogP contribution in [0.3, 0.4) is 0 Å². The number of carbonyl (C=O) groups excluding carboxylic acids is 1. The molecule has 0 bridgehead atoms. The van der Waals surface area contributed by atoms with E-state index in [4.69, 9.17) is 4.74 Å². The minimum Gasteiger partial charge on any atom is -0.497 e. The van der Waals surface area contributed by atoms with Gasteiger partial charge in [0.1, 0.15) is 11.6 Å². The highest BCUT2D eigenvalue weighted by atomic mass is 16.5. The molecule has 0 saturated heterocycles. The highest BCUT2D eigenvalue weighted by Crippen LogP contribution is 2.22. The number of aromatic nitrogens is 2. The van der Waals surface area contributed by atoms with Crippen molar-refractivity contribution >= 4 is 5.91 Å². The molecule has 1 amide bonds. The number of nitrogens with one attached hydrogen (secondary N) is 1. The molecule has 0 fully saturated rings. The van der Waals surface area contributed by atoms with Gasteiger partial charge in [-0.05, 0) is 55.9 Å². The Balaban J connectivity index is 1.64. The van der Waals surface area contributed by atoms with E-state index in [1.165, 1.54) is 12.0 Å². The van der Waals surface area contributed by atoms with Gasteiger partial charge in [-0.15, -0.1) is 0 Å². The van der Waals surface area contributed by atoms with Gasteiger partial charge in [0.15, 0.2) is 6.10 Å². The van der Waals surface area contributed by atoms with Gasteiger partial charge in [0.25, 0.3) is 5.91 Å². The second kappa shape index (κ2) is 7.61. The van der Waals surface area contributed by atoms with Crippen LogP contribution in [0, 0.1) is 6.92 Å². The zero-order valence-electron chi connectivity index (χ0n) is 14.6. The molecule has 1 aliphatic carbocycles. The average molecular weight is 341 g/mol. The van der Waals surface area contributed by atoms with E-state index >= 15 is 0 Å². The molecule has 0 aliphatic heterocycles. The predicted molar refractivity (Wildman–Crippen MR) is 93.2 cm³/mol. The second-order valence-electron chi connectivity index (χ2n) is 6.25. The third-order valence-corrected chi connectivity index (χ3v) is 4.54. The van der Waals surface area contributed by atoms with E-state index in [-0.39, 0.29) is 6.54 Å². The van der Waals surface area contributed by atoms with Crippen LogP contribution >= 0.6 is 0 Å². The number of hydrogen-bond donors (Lipinski definition) is 2. The third-order valence-electron chi connectivity index (χ3n) is 4.54. The monoisotopic (exact) mass is 341 g/mol. The van der Waals surface area contributed by atoms with Crippen molar-refractivity contribution < 1.29 is 14.6 Å². The minimum absolute atomic E-state index is 0.209. The summed E-state index contributed by atoms with van der Waals surface area (Å²) in [6.45, 7) is 2.20. The van der Waals surface area contributed by atoms with Crippen molar-refractivity contribution in [1.82, 2.24) is 15.3 Å². The van der Waals surface area contributed by atoms with Crippen molar-refractivity contribution in [3.8, 4) is 5.75 Å². The van der Waals surface area contributed by atoms with E-state index in [9.17, 15) is 9.90 Å². The van der Waals surface area contributed by atoms with Crippen LogP contribution in [-0.2, 0) is 24.2 Å². The summed E-state index contributed by atoms with van der Waals surface area (Å²) in [7, 11) is 1.57. The van der Waals surface area contributed by atoms with Crippen molar-refractivity contribution in [2.45, 2.75) is 45.3 Å². The smallest absolute Gasteiger partial charge is 0.253 e. The number of amides is 1. The van der Waals surface area contributed by atoms with E-state index in [1.807, 2.05) is 6.92 Å². The first-order valence-electron chi connectivity index (χ1n) is 8.53. The Labute approximate surface area is 147 Å². The molecule has 25 heavy (non-hydrogen) atoms. The molecule has 0 radical (unpaired) electrons. The molecule has 2 aromatic rings. The van der Waals surface area contributed by atoms with Crippen LogP contribution in [0.15, 0.2) is 24.3 Å². The molecule has 132 valence electrons. The number of carbonyl (C=O) groups is 1. The number of hydrogen-bond acceptors (Lipinski definition) is 5. The van der Waals surface area contributed by atoms with Crippen LogP contribution in [0.25, 0.3) is 0 Å². The van der Waals surface area contributed by atoms with Crippen molar-refractivity contribution in [2.75, 3.05) is 7.11 Å². The molecule has 2 N–H and O–H groups in total. The highest BCUT2D eigenvalue weighted by molar-refractivity contribution is 5.81. The number of methoxy groups -OCH3 is 1. The average Bonchev–Trinajstić information content (AvgIpc) is 2.65. The number of rotatable bonds is 5. The van der Waals surface area contributed by atoms with Gasteiger partial charge in [0.2, 0.25) is 0 Å². The van der Waals surface area contributed by atoms with E-state index in [2.05, 4.69) is 15.3 Å². The van der Waals surface area contributed by atoms with Gasteiger partial charge in [-0.2, -0.15) is 0 Å². The summed E-state index contributed by atoms with van der Waals surface area (Å²) in [5, 5.41) is 12.9. The Morgan fingerprint density at radius 3 is 2.68 bits per heavy atom. The summed E-state index contributed by atoms with van der Waals surface area (Å²) in [6.07, 6.45) is 3.09. The van der Waals surface area contributed by atoms with Crippen molar-refractivity contribution in [3.63, 3.8) is 0 Å². The van der Waals surface area contributed by atoms with Crippen LogP contribution < -0.4 is 10.1 Å². The molecule has 1 aromatic heterocycles. The first-order chi connectivity index (χ1) is 12.1. The van der Waals surface area contributed by atoms with Gasteiger partial charge in [0, 0.05) is 11.4 Å². The molecule has 1 unspecified atom stereocenters. The molecule has 1 aromatic carbocycles. The number of benzene rings is 1. The zero-order chi connectivity index (χ0) is 17.8. The summed E-state index contributed by atoms with van der Waals surface area (Å²) in [5.41, 5.74) is 3.85. The van der Waals surface area contributed by atoms with Crippen LogP contribution in [0.4, 0.5) is 0 Å². The van der Waals surface area contributed by atoms with Gasteiger partial charge in [-0.25, -0.2) is 9.97 Å². The van der Waals surface area contributed by atoms with E-state index < -0.39 is 12.0 Å². The molecular formula is C19H23N3O3. The summed E-state index contributed by atoms with van der Waals surface area (Å²) in [4.78, 5) is 21.3. The van der Waals surface area contributed by atoms with Gasteiger partial charge >= 0.3 is 0 Å². The quantitative estimate of drug-likeness (QED) is 0.869. The topological polar surface area (TPSA) is 84.3 Å². The largest absolute Gasteiger partial charge is 0.497 e. The molecule has 3 rings (SSSR count). The fourth-order valence-electron chi connectivity index (χ4n) is 3.12. The third kappa shape index (κ3) is 3.96. The Morgan fingerprint density at radius 1 is 1.24 bits per heavy atom. The van der Waals surface area contributed by atoms with Gasteiger partial charge in [-0.3, -0.25) is 4.79 Å². The predicted octanol–water partition coefficient (Wildman–Crippen LogP) is 2.02. The lowest BCUT2D eigenvalue weighted by Gasteiger charge is -2.18. The SMILES string of the molecule is COc1ccc(C(O)C(=O)NCc2nc(C)c3c(n2)CCCC3)cc1. The molecule has 6 nitrogen and oxygen atoms in total. The van der Waals surface area contributed by atoms with E-state index in [0.29, 0.717) is 17.1 Å². The maximum Gasteiger partial charge on any atom is 0.253 e. The number of nitrogens with zero attached hydrogens (tertiary/aromatic N) is 2. The molecule has 0 saturated carbocycles. The normalized spacial score (nSPS) is 14.5. The molecule has 1 heterocycles. The maximum absolute atomic E-state index is 12.2. The van der Waals surface area contributed by atoms with E-state index in [0.717, 1.165) is 30.7 Å². The second-order valence-corrected chi connectivity index (χ2v) is 6.25. The highest BCUT2D eigenvalue weighted by Gasteiger charge is 2.19. The summed E-state index contributed by atoms with van der Waals surface area (Å²) >= 11 is 0. The summed E-state index contributed by atoms with van der Waals surface area (Å²) < 4.78 is 5.07. The standard InChI is InChI=1S/C19H23N3O3/c1-12-15-5-3-4-6-16(15)22-17(21-12)11-20-19(24)18(23)13-7-9-14(25-2)10-8-13/h7-10,18,23H,3-6,11H2,1-2H3,(H,20,24). The fourth-order valence-corrected chi connectivity index (χ4v) is 3.12. The van der Waals surface area contributed by atoms with Crippen molar-refractivity contribution in [3.05, 3.63) is 52.6 Å². The first kappa shape index (κ1) is 17.4. The molecular weight excluding hydrogens is 318 g/mol. The first-order valence-corrected chi connectivity index (χ1v) is 8.53. The summed E-state index contributed by atoms with van der Waals surface area (Å²) in [6, 6.07) is 6.76. The summed E-state index contributed by atoms with van der Waals surface area (Å²) in [5.74, 6) is 0.798. The number of aliphatic hydroxyl groups is 1. The number of ether oxygens (including phenoxy) is 1. The lowest BCUT2D eigenvalue weighted by Crippen LogP contribution is -2.30. The molecule has 6 heteroatoms.